The summed E-state index contributed by atoms with van der Waals surface area (Å²) in [5.74, 6) is 0.639. The van der Waals surface area contributed by atoms with Gasteiger partial charge < -0.3 is 10.6 Å². The highest BCUT2D eigenvalue weighted by molar-refractivity contribution is 6.30. The molecule has 1 saturated heterocycles. The molecule has 2 aromatic rings. The van der Waals surface area contributed by atoms with Gasteiger partial charge in [-0.2, -0.15) is 0 Å². The third-order valence-electron chi connectivity index (χ3n) is 5.47. The van der Waals surface area contributed by atoms with Gasteiger partial charge in [-0.15, -0.1) is 0 Å². The zero-order chi connectivity index (χ0) is 18.1. The first-order valence-corrected chi connectivity index (χ1v) is 9.63. The molecule has 4 rings (SSSR count). The molecule has 2 aliphatic rings. The summed E-state index contributed by atoms with van der Waals surface area (Å²) in [6, 6.07) is 13.9. The molecular formula is C21H24ClN3O. The van der Waals surface area contributed by atoms with E-state index in [9.17, 15) is 4.79 Å². The molecule has 136 valence electrons. The number of rotatable bonds is 6. The van der Waals surface area contributed by atoms with Gasteiger partial charge in [-0.1, -0.05) is 29.8 Å². The van der Waals surface area contributed by atoms with E-state index in [0.29, 0.717) is 19.0 Å². The first-order chi connectivity index (χ1) is 12.6. The minimum atomic E-state index is -0.384. The third kappa shape index (κ3) is 3.62. The molecule has 1 atom stereocenters. The molecule has 0 spiro atoms. The Morgan fingerprint density at radius 3 is 2.58 bits per heavy atom. The van der Waals surface area contributed by atoms with Crippen LogP contribution in [0.1, 0.15) is 35.8 Å². The summed E-state index contributed by atoms with van der Waals surface area (Å²) in [5, 5.41) is 7.33. The van der Waals surface area contributed by atoms with Crippen LogP contribution in [-0.4, -0.2) is 24.0 Å². The largest absolute Gasteiger partial charge is 0.347 e. The van der Waals surface area contributed by atoms with Gasteiger partial charge in [0.15, 0.2) is 0 Å². The normalized spacial score (nSPS) is 19.5. The minimum Gasteiger partial charge on any atom is -0.347 e. The van der Waals surface area contributed by atoms with E-state index in [1.54, 1.807) is 0 Å². The summed E-state index contributed by atoms with van der Waals surface area (Å²) in [6.45, 7) is 3.41. The average Bonchev–Trinajstić information content (AvgIpc) is 3.42. The van der Waals surface area contributed by atoms with Gasteiger partial charge >= 0.3 is 0 Å². The number of benzene rings is 1. The molecule has 2 fully saturated rings. The first-order valence-electron chi connectivity index (χ1n) is 9.25. The van der Waals surface area contributed by atoms with Crippen molar-refractivity contribution >= 4 is 17.5 Å². The molecule has 0 radical (unpaired) electrons. The van der Waals surface area contributed by atoms with Crippen LogP contribution in [0.15, 0.2) is 42.5 Å². The number of hydrogen-bond donors (Lipinski definition) is 2. The molecule has 4 nitrogen and oxygen atoms in total. The zero-order valence-corrected chi connectivity index (χ0v) is 15.7. The van der Waals surface area contributed by atoms with Crippen molar-refractivity contribution in [2.45, 2.75) is 32.2 Å². The van der Waals surface area contributed by atoms with Crippen molar-refractivity contribution in [3.63, 3.8) is 0 Å². The molecule has 0 bridgehead atoms. The van der Waals surface area contributed by atoms with Crippen LogP contribution in [-0.2, 0) is 11.2 Å². The Morgan fingerprint density at radius 2 is 2.00 bits per heavy atom. The molecule has 1 aliphatic carbocycles. The maximum absolute atomic E-state index is 13.2. The Kier molecular flexibility index (Phi) is 4.72. The van der Waals surface area contributed by atoms with E-state index < -0.39 is 0 Å². The second kappa shape index (κ2) is 7.01. The Hall–Kier alpha value is -1.91. The number of nitrogens with zero attached hydrogens (tertiary/aromatic N) is 1. The predicted octanol–water partition coefficient (Wildman–Crippen LogP) is 3.44. The van der Waals surface area contributed by atoms with Gasteiger partial charge in [-0.3, -0.25) is 9.78 Å². The summed E-state index contributed by atoms with van der Waals surface area (Å²) in [5.41, 5.74) is 2.73. The molecule has 1 saturated carbocycles. The Morgan fingerprint density at radius 1 is 1.27 bits per heavy atom. The number of amides is 1. The maximum Gasteiger partial charge on any atom is 0.229 e. The van der Waals surface area contributed by atoms with Crippen LogP contribution < -0.4 is 10.6 Å². The van der Waals surface area contributed by atoms with Crippen LogP contribution in [0.4, 0.5) is 0 Å². The second-order valence-electron chi connectivity index (χ2n) is 7.68. The van der Waals surface area contributed by atoms with Crippen molar-refractivity contribution in [3.05, 3.63) is 64.4 Å². The van der Waals surface area contributed by atoms with Gasteiger partial charge in [-0.25, -0.2) is 0 Å². The Balaban J connectivity index is 1.52. The number of carbonyl (C=O) groups is 1. The molecule has 2 N–H and O–H groups in total. The van der Waals surface area contributed by atoms with Crippen molar-refractivity contribution in [1.29, 1.82) is 0 Å². The number of carbonyl (C=O) groups excluding carboxylic acids is 1. The highest BCUT2D eigenvalue weighted by Gasteiger charge is 2.46. The van der Waals surface area contributed by atoms with E-state index in [2.05, 4.69) is 15.6 Å². The highest BCUT2D eigenvalue weighted by atomic mass is 35.5. The Bertz CT molecular complexity index is 797. The summed E-state index contributed by atoms with van der Waals surface area (Å²) >= 11 is 5.99. The minimum absolute atomic E-state index is 0.0186. The van der Waals surface area contributed by atoms with E-state index in [0.717, 1.165) is 41.2 Å². The van der Waals surface area contributed by atoms with E-state index >= 15 is 0 Å². The molecular weight excluding hydrogens is 346 g/mol. The number of aromatic nitrogens is 1. The fraction of sp³-hybridized carbons (Fsp3) is 0.429. The lowest BCUT2D eigenvalue weighted by Gasteiger charge is -2.42. The number of pyridine rings is 1. The fourth-order valence-electron chi connectivity index (χ4n) is 3.68. The lowest BCUT2D eigenvalue weighted by Crippen LogP contribution is -2.63. The van der Waals surface area contributed by atoms with Crippen molar-refractivity contribution in [2.24, 2.45) is 11.3 Å². The summed E-state index contributed by atoms with van der Waals surface area (Å²) < 4.78 is 0. The molecule has 1 aromatic heterocycles. The topological polar surface area (TPSA) is 54.0 Å². The van der Waals surface area contributed by atoms with Crippen molar-refractivity contribution in [2.75, 3.05) is 13.1 Å². The van der Waals surface area contributed by atoms with Crippen molar-refractivity contribution in [3.8, 4) is 0 Å². The lowest BCUT2D eigenvalue weighted by atomic mass is 9.75. The van der Waals surface area contributed by atoms with Gasteiger partial charge in [0.2, 0.25) is 5.91 Å². The fourth-order valence-corrected chi connectivity index (χ4v) is 3.81. The van der Waals surface area contributed by atoms with Crippen LogP contribution in [0.25, 0.3) is 0 Å². The molecule has 5 heteroatoms. The van der Waals surface area contributed by atoms with Gasteiger partial charge in [-0.05, 0) is 61.9 Å². The second-order valence-corrected chi connectivity index (χ2v) is 8.12. The molecule has 2 heterocycles. The zero-order valence-electron chi connectivity index (χ0n) is 15.0. The van der Waals surface area contributed by atoms with Gasteiger partial charge in [0.25, 0.3) is 0 Å². The quantitative estimate of drug-likeness (QED) is 0.820. The Labute approximate surface area is 159 Å². The van der Waals surface area contributed by atoms with E-state index in [-0.39, 0.29) is 17.4 Å². The SMILES string of the molecule is Cc1cccc(C(NC(=O)C2(Cc3ccc(Cl)cc3)CNC2)C2CC2)n1. The number of nitrogens with one attached hydrogen (secondary N) is 2. The lowest BCUT2D eigenvalue weighted by molar-refractivity contribution is -0.135. The van der Waals surface area contributed by atoms with Gasteiger partial charge in [0.05, 0.1) is 17.2 Å². The van der Waals surface area contributed by atoms with Crippen LogP contribution in [0.3, 0.4) is 0 Å². The van der Waals surface area contributed by atoms with Crippen molar-refractivity contribution in [1.82, 2.24) is 15.6 Å². The highest BCUT2D eigenvalue weighted by Crippen LogP contribution is 2.41. The third-order valence-corrected chi connectivity index (χ3v) is 5.72. The molecule has 26 heavy (non-hydrogen) atoms. The molecule has 1 amide bonds. The average molecular weight is 370 g/mol. The van der Waals surface area contributed by atoms with Crippen molar-refractivity contribution < 1.29 is 4.79 Å². The summed E-state index contributed by atoms with van der Waals surface area (Å²) in [4.78, 5) is 17.9. The van der Waals surface area contributed by atoms with Gasteiger partial charge in [0, 0.05) is 23.8 Å². The molecule has 1 aliphatic heterocycles. The molecule has 1 unspecified atom stereocenters. The van der Waals surface area contributed by atoms with Crippen LogP contribution in [0.2, 0.25) is 5.02 Å². The smallest absolute Gasteiger partial charge is 0.229 e. The van der Waals surface area contributed by atoms with Crippen LogP contribution in [0.5, 0.6) is 0 Å². The first kappa shape index (κ1) is 17.5. The van der Waals surface area contributed by atoms with E-state index in [4.69, 9.17) is 11.6 Å². The summed E-state index contributed by atoms with van der Waals surface area (Å²) in [7, 11) is 0. The number of halogens is 1. The summed E-state index contributed by atoms with van der Waals surface area (Å²) in [6.07, 6.45) is 3.04. The van der Waals surface area contributed by atoms with E-state index in [1.807, 2.05) is 49.4 Å². The maximum atomic E-state index is 13.2. The van der Waals surface area contributed by atoms with Gasteiger partial charge in [0.1, 0.15) is 0 Å². The van der Waals surface area contributed by atoms with Crippen LogP contribution in [0, 0.1) is 18.3 Å². The predicted molar refractivity (Wildman–Crippen MR) is 103 cm³/mol. The monoisotopic (exact) mass is 369 g/mol. The van der Waals surface area contributed by atoms with Crippen LogP contribution >= 0.6 is 11.6 Å². The molecule has 1 aromatic carbocycles. The van der Waals surface area contributed by atoms with E-state index in [1.165, 1.54) is 0 Å². The number of aryl methyl sites for hydroxylation is 1. The number of hydrogen-bond acceptors (Lipinski definition) is 3. The standard InChI is InChI=1S/C21H24ClN3O/c1-14-3-2-4-18(24-14)19(16-7-8-16)25-20(26)21(12-23-13-21)11-15-5-9-17(22)10-6-15/h2-6,9-10,16,19,23H,7-8,11-13H2,1H3,(H,25,26).